The summed E-state index contributed by atoms with van der Waals surface area (Å²) in [5.74, 6) is 0.865. The first-order valence-corrected chi connectivity index (χ1v) is 6.73. The molecule has 4 nitrogen and oxygen atoms in total. The van der Waals surface area contributed by atoms with Crippen molar-refractivity contribution < 1.29 is 4.74 Å². The molecule has 1 atom stereocenters. The standard InChI is InChI=1S/C12H14BrN3O/c13-10-5-3-6-16-12(10)14-11(15-16)8-9-4-1-2-7-17-9/h3,5-6,9H,1-2,4,7-8H2. The lowest BCUT2D eigenvalue weighted by Crippen LogP contribution is -2.21. The zero-order chi connectivity index (χ0) is 11.7. The van der Waals surface area contributed by atoms with Crippen LogP contribution < -0.4 is 0 Å². The summed E-state index contributed by atoms with van der Waals surface area (Å²) in [6, 6.07) is 3.93. The largest absolute Gasteiger partial charge is 0.378 e. The zero-order valence-corrected chi connectivity index (χ0v) is 11.1. The van der Waals surface area contributed by atoms with Gasteiger partial charge in [0.25, 0.3) is 0 Å². The van der Waals surface area contributed by atoms with E-state index in [0.717, 1.165) is 35.4 Å². The number of nitrogens with zero attached hydrogens (tertiary/aromatic N) is 3. The smallest absolute Gasteiger partial charge is 0.169 e. The Bertz CT molecular complexity index is 519. The Hall–Kier alpha value is -0.940. The molecule has 0 aliphatic carbocycles. The summed E-state index contributed by atoms with van der Waals surface area (Å²) >= 11 is 3.48. The molecule has 0 spiro atoms. The number of hydrogen-bond acceptors (Lipinski definition) is 3. The van der Waals surface area contributed by atoms with E-state index in [1.54, 1.807) is 0 Å². The van der Waals surface area contributed by atoms with Crippen LogP contribution in [0.15, 0.2) is 22.8 Å². The van der Waals surface area contributed by atoms with Crippen molar-refractivity contribution in [2.45, 2.75) is 31.8 Å². The van der Waals surface area contributed by atoms with E-state index >= 15 is 0 Å². The number of pyridine rings is 1. The fraction of sp³-hybridized carbons (Fsp3) is 0.500. The first kappa shape index (κ1) is 11.2. The third kappa shape index (κ3) is 2.35. The molecule has 2 aromatic heterocycles. The Morgan fingerprint density at radius 2 is 2.41 bits per heavy atom. The first-order chi connectivity index (χ1) is 8.33. The molecule has 90 valence electrons. The van der Waals surface area contributed by atoms with Crippen LogP contribution in [-0.4, -0.2) is 27.3 Å². The van der Waals surface area contributed by atoms with E-state index in [2.05, 4.69) is 26.0 Å². The fourth-order valence-corrected chi connectivity index (χ4v) is 2.60. The molecule has 0 N–H and O–H groups in total. The molecule has 1 unspecified atom stereocenters. The van der Waals surface area contributed by atoms with Gasteiger partial charge in [-0.25, -0.2) is 9.50 Å². The average molecular weight is 296 g/mol. The summed E-state index contributed by atoms with van der Waals surface area (Å²) in [5.41, 5.74) is 0.873. The van der Waals surface area contributed by atoms with Crippen LogP contribution in [0.3, 0.4) is 0 Å². The second kappa shape index (κ2) is 4.74. The molecule has 17 heavy (non-hydrogen) atoms. The maximum atomic E-state index is 5.71. The Morgan fingerprint density at radius 1 is 1.47 bits per heavy atom. The van der Waals surface area contributed by atoms with Gasteiger partial charge in [-0.3, -0.25) is 0 Å². The van der Waals surface area contributed by atoms with Crippen molar-refractivity contribution in [1.82, 2.24) is 14.6 Å². The van der Waals surface area contributed by atoms with E-state index in [9.17, 15) is 0 Å². The highest BCUT2D eigenvalue weighted by Crippen LogP contribution is 2.19. The average Bonchev–Trinajstić information content (AvgIpc) is 2.74. The van der Waals surface area contributed by atoms with E-state index in [4.69, 9.17) is 4.74 Å². The van der Waals surface area contributed by atoms with E-state index < -0.39 is 0 Å². The van der Waals surface area contributed by atoms with Crippen LogP contribution >= 0.6 is 15.9 Å². The number of rotatable bonds is 2. The molecule has 0 bridgehead atoms. The molecule has 3 rings (SSSR count). The second-order valence-corrected chi connectivity index (χ2v) is 5.20. The monoisotopic (exact) mass is 295 g/mol. The molecule has 0 aromatic carbocycles. The number of aromatic nitrogens is 3. The molecular formula is C12H14BrN3O. The van der Waals surface area contributed by atoms with E-state index in [0.29, 0.717) is 6.10 Å². The van der Waals surface area contributed by atoms with Crippen molar-refractivity contribution in [3.63, 3.8) is 0 Å². The minimum atomic E-state index is 0.292. The van der Waals surface area contributed by atoms with Gasteiger partial charge in [0.15, 0.2) is 11.5 Å². The van der Waals surface area contributed by atoms with Crippen LogP contribution in [0.25, 0.3) is 5.65 Å². The highest BCUT2D eigenvalue weighted by atomic mass is 79.9. The molecule has 3 heterocycles. The summed E-state index contributed by atoms with van der Waals surface area (Å²) in [4.78, 5) is 4.53. The van der Waals surface area contributed by atoms with Gasteiger partial charge >= 0.3 is 0 Å². The Morgan fingerprint density at radius 3 is 3.18 bits per heavy atom. The Balaban J connectivity index is 1.83. The van der Waals surface area contributed by atoms with Crippen LogP contribution in [0.5, 0.6) is 0 Å². The highest BCUT2D eigenvalue weighted by molar-refractivity contribution is 9.10. The number of ether oxygens (including phenoxy) is 1. The molecule has 1 saturated heterocycles. The van der Waals surface area contributed by atoms with Crippen molar-refractivity contribution in [2.24, 2.45) is 0 Å². The lowest BCUT2D eigenvalue weighted by atomic mass is 10.1. The van der Waals surface area contributed by atoms with Gasteiger partial charge in [-0.05, 0) is 47.3 Å². The molecule has 0 saturated carbocycles. The SMILES string of the molecule is Brc1cccn2nc(CC3CCCCO3)nc12. The van der Waals surface area contributed by atoms with Crippen molar-refractivity contribution in [2.75, 3.05) is 6.61 Å². The predicted octanol–water partition coefficient (Wildman–Crippen LogP) is 2.60. The zero-order valence-electron chi connectivity index (χ0n) is 9.47. The van der Waals surface area contributed by atoms with Crippen LogP contribution in [0, 0.1) is 0 Å². The van der Waals surface area contributed by atoms with Crippen molar-refractivity contribution >= 4 is 21.6 Å². The summed E-state index contributed by atoms with van der Waals surface area (Å²) in [7, 11) is 0. The van der Waals surface area contributed by atoms with Gasteiger partial charge < -0.3 is 4.74 Å². The minimum Gasteiger partial charge on any atom is -0.378 e. The van der Waals surface area contributed by atoms with Crippen LogP contribution in [0.4, 0.5) is 0 Å². The van der Waals surface area contributed by atoms with Crippen LogP contribution in [-0.2, 0) is 11.2 Å². The van der Waals surface area contributed by atoms with Gasteiger partial charge in [0.1, 0.15) is 0 Å². The maximum absolute atomic E-state index is 5.71. The van der Waals surface area contributed by atoms with Crippen molar-refractivity contribution in [1.29, 1.82) is 0 Å². The van der Waals surface area contributed by atoms with Gasteiger partial charge in [0.05, 0.1) is 10.6 Å². The highest BCUT2D eigenvalue weighted by Gasteiger charge is 2.17. The van der Waals surface area contributed by atoms with Gasteiger partial charge in [-0.1, -0.05) is 0 Å². The summed E-state index contributed by atoms with van der Waals surface area (Å²) in [6.07, 6.45) is 6.57. The number of hydrogen-bond donors (Lipinski definition) is 0. The van der Waals surface area contributed by atoms with Crippen molar-refractivity contribution in [3.05, 3.63) is 28.6 Å². The Kier molecular flexibility index (Phi) is 3.11. The number of halogens is 1. The summed E-state index contributed by atoms with van der Waals surface area (Å²) in [6.45, 7) is 0.877. The lowest BCUT2D eigenvalue weighted by molar-refractivity contribution is 0.0157. The summed E-state index contributed by atoms with van der Waals surface area (Å²) in [5, 5.41) is 4.46. The molecule has 1 aliphatic heterocycles. The third-order valence-corrected chi connectivity index (χ3v) is 3.66. The predicted molar refractivity (Wildman–Crippen MR) is 68.0 cm³/mol. The van der Waals surface area contributed by atoms with Gasteiger partial charge in [-0.2, -0.15) is 5.10 Å². The van der Waals surface area contributed by atoms with Crippen LogP contribution in [0.1, 0.15) is 25.1 Å². The topological polar surface area (TPSA) is 39.4 Å². The van der Waals surface area contributed by atoms with Crippen LogP contribution in [0.2, 0.25) is 0 Å². The van der Waals surface area contributed by atoms with Gasteiger partial charge in [0.2, 0.25) is 0 Å². The van der Waals surface area contributed by atoms with E-state index in [1.807, 2.05) is 22.8 Å². The first-order valence-electron chi connectivity index (χ1n) is 5.94. The van der Waals surface area contributed by atoms with Gasteiger partial charge in [-0.15, -0.1) is 0 Å². The molecular weight excluding hydrogens is 282 g/mol. The lowest BCUT2D eigenvalue weighted by Gasteiger charge is -2.20. The fourth-order valence-electron chi connectivity index (χ4n) is 2.18. The van der Waals surface area contributed by atoms with Crippen molar-refractivity contribution in [3.8, 4) is 0 Å². The molecule has 2 aromatic rings. The van der Waals surface area contributed by atoms with E-state index in [-0.39, 0.29) is 0 Å². The molecule has 0 amide bonds. The molecule has 1 aliphatic rings. The number of fused-ring (bicyclic) bond motifs is 1. The molecule has 1 fully saturated rings. The van der Waals surface area contributed by atoms with E-state index in [1.165, 1.54) is 12.8 Å². The maximum Gasteiger partial charge on any atom is 0.169 e. The second-order valence-electron chi connectivity index (χ2n) is 4.35. The minimum absolute atomic E-state index is 0.292. The molecule has 5 heteroatoms. The molecule has 0 radical (unpaired) electrons. The normalized spacial score (nSPS) is 20.9. The quantitative estimate of drug-likeness (QED) is 0.855. The Labute approximate surface area is 108 Å². The van der Waals surface area contributed by atoms with Gasteiger partial charge in [0, 0.05) is 19.2 Å². The third-order valence-electron chi connectivity index (χ3n) is 3.04. The summed E-state index contributed by atoms with van der Waals surface area (Å²) < 4.78 is 8.49.